The van der Waals surface area contributed by atoms with Crippen molar-refractivity contribution in [1.82, 2.24) is 5.32 Å². The van der Waals surface area contributed by atoms with Crippen LogP contribution in [0.2, 0.25) is 5.02 Å². The second-order valence-corrected chi connectivity index (χ2v) is 6.59. The zero-order valence-corrected chi connectivity index (χ0v) is 14.0. The summed E-state index contributed by atoms with van der Waals surface area (Å²) >= 11 is 5.93. The zero-order chi connectivity index (χ0) is 16.2. The summed E-state index contributed by atoms with van der Waals surface area (Å²) in [5.74, 6) is -0.163. The number of hydrogen-bond acceptors (Lipinski definition) is 2. The van der Waals surface area contributed by atoms with Crippen LogP contribution in [0.3, 0.4) is 0 Å². The average Bonchev–Trinajstić information content (AvgIpc) is 2.29. The fraction of sp³-hybridized carbons (Fsp3) is 0.500. The molecule has 0 atom stereocenters. The molecule has 0 heterocycles. The molecule has 4 nitrogen and oxygen atoms in total. The van der Waals surface area contributed by atoms with Crippen molar-refractivity contribution in [1.29, 1.82) is 0 Å². The molecule has 0 aromatic heterocycles. The van der Waals surface area contributed by atoms with Gasteiger partial charge in [0.15, 0.2) is 0 Å². The van der Waals surface area contributed by atoms with Gasteiger partial charge in [-0.3, -0.25) is 9.59 Å². The smallest absolute Gasteiger partial charge is 0.223 e. The van der Waals surface area contributed by atoms with Crippen LogP contribution >= 0.6 is 11.6 Å². The Morgan fingerprint density at radius 2 is 1.90 bits per heavy atom. The van der Waals surface area contributed by atoms with E-state index in [0.717, 1.165) is 11.3 Å². The van der Waals surface area contributed by atoms with Crippen LogP contribution in [0, 0.1) is 6.92 Å². The van der Waals surface area contributed by atoms with Crippen LogP contribution in [-0.2, 0) is 9.59 Å². The molecule has 21 heavy (non-hydrogen) atoms. The van der Waals surface area contributed by atoms with E-state index in [2.05, 4.69) is 5.32 Å². The maximum Gasteiger partial charge on any atom is 0.223 e. The predicted molar refractivity (Wildman–Crippen MR) is 86.7 cm³/mol. The van der Waals surface area contributed by atoms with E-state index < -0.39 is 0 Å². The number of hydrogen-bond donors (Lipinski definition) is 1. The Kier molecular flexibility index (Phi) is 5.78. The van der Waals surface area contributed by atoms with Crippen LogP contribution in [0.25, 0.3) is 0 Å². The molecule has 0 spiro atoms. The van der Waals surface area contributed by atoms with Gasteiger partial charge in [-0.25, -0.2) is 0 Å². The van der Waals surface area contributed by atoms with Gasteiger partial charge in [0, 0.05) is 36.1 Å². The van der Waals surface area contributed by atoms with Crippen LogP contribution in [0.15, 0.2) is 18.2 Å². The molecule has 1 rings (SSSR count). The molecule has 0 aliphatic heterocycles. The number of nitrogens with one attached hydrogen (secondary N) is 1. The molecule has 2 amide bonds. The molecule has 0 bridgehead atoms. The number of aryl methyl sites for hydroxylation is 1. The van der Waals surface area contributed by atoms with Crippen molar-refractivity contribution in [3.05, 3.63) is 28.8 Å². The monoisotopic (exact) mass is 310 g/mol. The molecule has 1 aromatic rings. The number of amides is 2. The summed E-state index contributed by atoms with van der Waals surface area (Å²) in [6, 6.07) is 5.36. The molecule has 0 saturated heterocycles. The highest BCUT2D eigenvalue weighted by Gasteiger charge is 2.18. The van der Waals surface area contributed by atoms with E-state index in [9.17, 15) is 9.59 Å². The minimum atomic E-state index is -0.270. The van der Waals surface area contributed by atoms with Gasteiger partial charge in [-0.2, -0.15) is 0 Å². The lowest BCUT2D eigenvalue weighted by Gasteiger charge is -2.25. The third-order valence-electron chi connectivity index (χ3n) is 2.91. The summed E-state index contributed by atoms with van der Waals surface area (Å²) in [6.07, 6.45) is 0.263. The van der Waals surface area contributed by atoms with Crippen molar-refractivity contribution in [2.24, 2.45) is 0 Å². The van der Waals surface area contributed by atoms with Gasteiger partial charge in [0.2, 0.25) is 11.8 Å². The van der Waals surface area contributed by atoms with E-state index in [4.69, 9.17) is 11.6 Å². The minimum absolute atomic E-state index is 0.0691. The highest BCUT2D eigenvalue weighted by molar-refractivity contribution is 6.30. The Labute approximate surface area is 131 Å². The standard InChI is InChI=1S/C16H23ClN2O2/c1-11-10-13(17)6-7-14(11)19(12(2)20)9-8-15(21)18-16(3,4)5/h6-7,10H,8-9H2,1-5H3,(H,18,21). The molecule has 1 aromatic carbocycles. The summed E-state index contributed by atoms with van der Waals surface area (Å²) in [7, 11) is 0. The molecule has 0 radical (unpaired) electrons. The molecule has 0 saturated carbocycles. The number of anilines is 1. The Balaban J connectivity index is 2.80. The number of halogens is 1. The van der Waals surface area contributed by atoms with E-state index in [0.29, 0.717) is 11.6 Å². The van der Waals surface area contributed by atoms with Crippen molar-refractivity contribution in [3.63, 3.8) is 0 Å². The first-order valence-electron chi connectivity index (χ1n) is 6.95. The van der Waals surface area contributed by atoms with E-state index >= 15 is 0 Å². The van der Waals surface area contributed by atoms with Gasteiger partial charge in [-0.15, -0.1) is 0 Å². The van der Waals surface area contributed by atoms with Gasteiger partial charge in [0.25, 0.3) is 0 Å². The predicted octanol–water partition coefficient (Wildman–Crippen LogP) is 3.31. The van der Waals surface area contributed by atoms with Crippen molar-refractivity contribution < 1.29 is 9.59 Å². The molecule has 5 heteroatoms. The number of rotatable bonds is 4. The number of nitrogens with zero attached hydrogens (tertiary/aromatic N) is 1. The van der Waals surface area contributed by atoms with Gasteiger partial charge in [-0.1, -0.05) is 11.6 Å². The number of carbonyl (C=O) groups is 2. The van der Waals surface area contributed by atoms with Crippen molar-refractivity contribution in [2.75, 3.05) is 11.4 Å². The van der Waals surface area contributed by atoms with Crippen molar-refractivity contribution in [3.8, 4) is 0 Å². The van der Waals surface area contributed by atoms with Gasteiger partial charge in [0.05, 0.1) is 0 Å². The Bertz CT molecular complexity index is 536. The molecular weight excluding hydrogens is 288 g/mol. The minimum Gasteiger partial charge on any atom is -0.351 e. The largest absolute Gasteiger partial charge is 0.351 e. The van der Waals surface area contributed by atoms with Gasteiger partial charge in [0.1, 0.15) is 0 Å². The highest BCUT2D eigenvalue weighted by Crippen LogP contribution is 2.24. The number of carbonyl (C=O) groups excluding carboxylic acids is 2. The molecule has 116 valence electrons. The van der Waals surface area contributed by atoms with Crippen LogP contribution in [-0.4, -0.2) is 23.9 Å². The third kappa shape index (κ3) is 5.76. The van der Waals surface area contributed by atoms with Crippen molar-refractivity contribution in [2.45, 2.75) is 46.6 Å². The lowest BCUT2D eigenvalue weighted by atomic mass is 10.1. The molecular formula is C16H23ClN2O2. The van der Waals surface area contributed by atoms with Gasteiger partial charge in [-0.05, 0) is 51.5 Å². The second kappa shape index (κ2) is 6.94. The normalized spacial score (nSPS) is 11.1. The second-order valence-electron chi connectivity index (χ2n) is 6.15. The van der Waals surface area contributed by atoms with E-state index in [1.807, 2.05) is 33.8 Å². The third-order valence-corrected chi connectivity index (χ3v) is 3.14. The quantitative estimate of drug-likeness (QED) is 0.927. The summed E-state index contributed by atoms with van der Waals surface area (Å²) in [6.45, 7) is 9.52. The lowest BCUT2D eigenvalue weighted by molar-refractivity contribution is -0.122. The Morgan fingerprint density at radius 1 is 1.29 bits per heavy atom. The van der Waals surface area contributed by atoms with Crippen LogP contribution in [0.5, 0.6) is 0 Å². The molecule has 0 aliphatic carbocycles. The maximum absolute atomic E-state index is 11.9. The van der Waals surface area contributed by atoms with Crippen molar-refractivity contribution >= 4 is 29.1 Å². The zero-order valence-electron chi connectivity index (χ0n) is 13.3. The first kappa shape index (κ1) is 17.5. The van der Waals surface area contributed by atoms with E-state index in [1.165, 1.54) is 6.92 Å². The Hall–Kier alpha value is -1.55. The molecule has 0 unspecified atom stereocenters. The maximum atomic E-state index is 11.9. The molecule has 1 N–H and O–H groups in total. The fourth-order valence-electron chi connectivity index (χ4n) is 2.06. The Morgan fingerprint density at radius 3 is 2.38 bits per heavy atom. The first-order chi connectivity index (χ1) is 9.60. The summed E-state index contributed by atoms with van der Waals surface area (Å²) in [5.41, 5.74) is 1.43. The van der Waals surface area contributed by atoms with Crippen LogP contribution in [0.4, 0.5) is 5.69 Å². The van der Waals surface area contributed by atoms with Gasteiger partial charge >= 0.3 is 0 Å². The summed E-state index contributed by atoms with van der Waals surface area (Å²) in [5, 5.41) is 3.52. The summed E-state index contributed by atoms with van der Waals surface area (Å²) < 4.78 is 0. The molecule has 0 aliphatic rings. The van der Waals surface area contributed by atoms with Crippen LogP contribution in [0.1, 0.15) is 39.7 Å². The summed E-state index contributed by atoms with van der Waals surface area (Å²) in [4.78, 5) is 25.3. The first-order valence-corrected chi connectivity index (χ1v) is 7.33. The number of benzene rings is 1. The average molecular weight is 311 g/mol. The topological polar surface area (TPSA) is 49.4 Å². The van der Waals surface area contributed by atoms with E-state index in [1.54, 1.807) is 17.0 Å². The lowest BCUT2D eigenvalue weighted by Crippen LogP contribution is -2.42. The van der Waals surface area contributed by atoms with Crippen LogP contribution < -0.4 is 10.2 Å². The molecule has 0 fully saturated rings. The highest BCUT2D eigenvalue weighted by atomic mass is 35.5. The van der Waals surface area contributed by atoms with E-state index in [-0.39, 0.29) is 23.8 Å². The van der Waals surface area contributed by atoms with Gasteiger partial charge < -0.3 is 10.2 Å². The fourth-order valence-corrected chi connectivity index (χ4v) is 2.29. The SMILES string of the molecule is CC(=O)N(CCC(=O)NC(C)(C)C)c1ccc(Cl)cc1C.